The highest BCUT2D eigenvalue weighted by molar-refractivity contribution is 7.09. The molecular weight excluding hydrogens is 276 g/mol. The monoisotopic (exact) mass is 296 g/mol. The van der Waals surface area contributed by atoms with Crippen LogP contribution in [0.5, 0.6) is 0 Å². The lowest BCUT2D eigenvalue weighted by Crippen LogP contribution is -2.42. The third-order valence-electron chi connectivity index (χ3n) is 3.35. The van der Waals surface area contributed by atoms with Crippen LogP contribution in [0.4, 0.5) is 4.79 Å². The SMILES string of the molecule is CN(CCCC(=O)O)C(=O)N(Cc1cccs1)C1CC1. The van der Waals surface area contributed by atoms with Gasteiger partial charge in [-0.3, -0.25) is 4.79 Å². The molecule has 5 nitrogen and oxygen atoms in total. The largest absolute Gasteiger partial charge is 0.481 e. The molecule has 0 bridgehead atoms. The highest BCUT2D eigenvalue weighted by Crippen LogP contribution is 2.30. The van der Waals surface area contributed by atoms with E-state index in [4.69, 9.17) is 5.11 Å². The number of carboxylic acid groups (broad SMARTS) is 1. The molecule has 1 heterocycles. The van der Waals surface area contributed by atoms with E-state index in [0.29, 0.717) is 25.6 Å². The molecule has 2 amide bonds. The molecule has 0 unspecified atom stereocenters. The van der Waals surface area contributed by atoms with E-state index in [2.05, 4.69) is 0 Å². The van der Waals surface area contributed by atoms with Gasteiger partial charge in [0, 0.05) is 30.9 Å². The second-order valence-corrected chi connectivity index (χ2v) is 6.17. The van der Waals surface area contributed by atoms with Gasteiger partial charge in [-0.1, -0.05) is 6.07 Å². The summed E-state index contributed by atoms with van der Waals surface area (Å²) in [6.07, 6.45) is 2.74. The van der Waals surface area contributed by atoms with Crippen LogP contribution < -0.4 is 0 Å². The minimum Gasteiger partial charge on any atom is -0.481 e. The van der Waals surface area contributed by atoms with E-state index >= 15 is 0 Å². The van der Waals surface area contributed by atoms with Crippen molar-refractivity contribution in [2.24, 2.45) is 0 Å². The van der Waals surface area contributed by atoms with Gasteiger partial charge >= 0.3 is 12.0 Å². The minimum absolute atomic E-state index is 0.00582. The summed E-state index contributed by atoms with van der Waals surface area (Å²) < 4.78 is 0. The van der Waals surface area contributed by atoms with Crippen molar-refractivity contribution in [3.8, 4) is 0 Å². The second kappa shape index (κ2) is 6.74. The van der Waals surface area contributed by atoms with E-state index < -0.39 is 5.97 Å². The Hall–Kier alpha value is -1.56. The van der Waals surface area contributed by atoms with Crippen molar-refractivity contribution in [2.75, 3.05) is 13.6 Å². The molecule has 0 saturated heterocycles. The maximum atomic E-state index is 12.4. The maximum absolute atomic E-state index is 12.4. The van der Waals surface area contributed by atoms with Crippen LogP contribution >= 0.6 is 11.3 Å². The summed E-state index contributed by atoms with van der Waals surface area (Å²) in [6.45, 7) is 1.14. The first kappa shape index (κ1) is 14.8. The number of aliphatic carboxylic acids is 1. The lowest BCUT2D eigenvalue weighted by atomic mass is 10.3. The number of amides is 2. The van der Waals surface area contributed by atoms with Crippen LogP contribution in [0.15, 0.2) is 17.5 Å². The van der Waals surface area contributed by atoms with Crippen molar-refractivity contribution in [2.45, 2.75) is 38.3 Å². The summed E-state index contributed by atoms with van der Waals surface area (Å²) in [5, 5.41) is 10.6. The van der Waals surface area contributed by atoms with Crippen molar-refractivity contribution in [3.05, 3.63) is 22.4 Å². The average molecular weight is 296 g/mol. The normalized spacial score (nSPS) is 14.1. The molecule has 0 radical (unpaired) electrons. The molecule has 0 spiro atoms. The van der Waals surface area contributed by atoms with E-state index in [1.54, 1.807) is 23.3 Å². The van der Waals surface area contributed by atoms with Crippen LogP contribution in [0.1, 0.15) is 30.6 Å². The first-order valence-corrected chi connectivity index (χ1v) is 7.72. The molecule has 1 aromatic heterocycles. The number of hydrogen-bond acceptors (Lipinski definition) is 3. The predicted molar refractivity (Wildman–Crippen MR) is 77.8 cm³/mol. The van der Waals surface area contributed by atoms with Gasteiger partial charge < -0.3 is 14.9 Å². The Bertz CT molecular complexity index is 457. The standard InChI is InChI=1S/C14H20N2O3S/c1-15(8-2-5-13(17)18)14(19)16(11-6-7-11)10-12-4-3-9-20-12/h3-4,9,11H,2,5-8,10H2,1H3,(H,17,18). The number of rotatable bonds is 7. The first-order chi connectivity index (χ1) is 9.58. The van der Waals surface area contributed by atoms with E-state index in [1.807, 2.05) is 22.4 Å². The van der Waals surface area contributed by atoms with E-state index in [-0.39, 0.29) is 12.5 Å². The zero-order chi connectivity index (χ0) is 14.5. The van der Waals surface area contributed by atoms with Gasteiger partial charge in [0.1, 0.15) is 0 Å². The summed E-state index contributed by atoms with van der Waals surface area (Å²) in [5.41, 5.74) is 0. The number of thiophene rings is 1. The van der Waals surface area contributed by atoms with Gasteiger partial charge in [0.25, 0.3) is 0 Å². The van der Waals surface area contributed by atoms with Crippen molar-refractivity contribution in [1.82, 2.24) is 9.80 Å². The van der Waals surface area contributed by atoms with Crippen LogP contribution in [-0.2, 0) is 11.3 Å². The summed E-state index contributed by atoms with van der Waals surface area (Å²) in [4.78, 5) is 27.7. The van der Waals surface area contributed by atoms with E-state index in [0.717, 1.165) is 12.8 Å². The third kappa shape index (κ3) is 4.23. The van der Waals surface area contributed by atoms with Gasteiger partial charge in [0.15, 0.2) is 0 Å². The summed E-state index contributed by atoms with van der Waals surface area (Å²) in [5.74, 6) is -0.816. The number of urea groups is 1. The van der Waals surface area contributed by atoms with Crippen LogP contribution in [0.2, 0.25) is 0 Å². The molecular formula is C14H20N2O3S. The fourth-order valence-corrected chi connectivity index (χ4v) is 2.79. The van der Waals surface area contributed by atoms with Gasteiger partial charge in [-0.05, 0) is 30.7 Å². The van der Waals surface area contributed by atoms with Gasteiger partial charge in [0.05, 0.1) is 6.54 Å². The molecule has 0 aromatic carbocycles. The van der Waals surface area contributed by atoms with Crippen molar-refractivity contribution in [3.63, 3.8) is 0 Å². The summed E-state index contributed by atoms with van der Waals surface area (Å²) >= 11 is 1.66. The van der Waals surface area contributed by atoms with Gasteiger partial charge in [-0.25, -0.2) is 4.79 Å². The molecule has 1 aromatic rings. The smallest absolute Gasteiger partial charge is 0.320 e. The van der Waals surface area contributed by atoms with Crippen molar-refractivity contribution in [1.29, 1.82) is 0 Å². The second-order valence-electron chi connectivity index (χ2n) is 5.14. The molecule has 1 saturated carbocycles. The van der Waals surface area contributed by atoms with Crippen LogP contribution in [0.25, 0.3) is 0 Å². The fourth-order valence-electron chi connectivity index (χ4n) is 2.09. The molecule has 1 aliphatic rings. The molecule has 0 atom stereocenters. The van der Waals surface area contributed by atoms with Crippen LogP contribution in [-0.4, -0.2) is 46.5 Å². The number of carbonyl (C=O) groups excluding carboxylic acids is 1. The molecule has 110 valence electrons. The Kier molecular flexibility index (Phi) is 5.00. The predicted octanol–water partition coefficient (Wildman–Crippen LogP) is 2.63. The average Bonchev–Trinajstić information content (AvgIpc) is 3.11. The van der Waals surface area contributed by atoms with Crippen molar-refractivity contribution < 1.29 is 14.7 Å². The molecule has 6 heteroatoms. The number of nitrogens with zero attached hydrogens (tertiary/aromatic N) is 2. The Balaban J connectivity index is 1.87. The third-order valence-corrected chi connectivity index (χ3v) is 4.21. The van der Waals surface area contributed by atoms with Crippen LogP contribution in [0, 0.1) is 0 Å². The molecule has 1 aliphatic carbocycles. The highest BCUT2D eigenvalue weighted by Gasteiger charge is 2.34. The van der Waals surface area contributed by atoms with Gasteiger partial charge in [-0.2, -0.15) is 0 Å². The van der Waals surface area contributed by atoms with Crippen molar-refractivity contribution >= 4 is 23.3 Å². The summed E-state index contributed by atoms with van der Waals surface area (Å²) in [6, 6.07) is 4.39. The van der Waals surface area contributed by atoms with Crippen LogP contribution in [0.3, 0.4) is 0 Å². The Morgan fingerprint density at radius 2 is 2.20 bits per heavy atom. The zero-order valence-electron chi connectivity index (χ0n) is 11.6. The number of carboxylic acids is 1. The topological polar surface area (TPSA) is 60.9 Å². The molecule has 1 fully saturated rings. The van der Waals surface area contributed by atoms with E-state index in [9.17, 15) is 9.59 Å². The fraction of sp³-hybridized carbons (Fsp3) is 0.571. The summed E-state index contributed by atoms with van der Waals surface area (Å²) in [7, 11) is 1.74. The van der Waals surface area contributed by atoms with Gasteiger partial charge in [0.2, 0.25) is 0 Å². The lowest BCUT2D eigenvalue weighted by Gasteiger charge is -2.28. The molecule has 20 heavy (non-hydrogen) atoms. The molecule has 1 N–H and O–H groups in total. The Labute approximate surface area is 122 Å². The zero-order valence-corrected chi connectivity index (χ0v) is 12.4. The number of carbonyl (C=O) groups is 2. The van der Waals surface area contributed by atoms with Gasteiger partial charge in [-0.15, -0.1) is 11.3 Å². The molecule has 0 aliphatic heterocycles. The number of hydrogen-bond donors (Lipinski definition) is 1. The lowest BCUT2D eigenvalue weighted by molar-refractivity contribution is -0.137. The molecule has 2 rings (SSSR count). The Morgan fingerprint density at radius 3 is 2.75 bits per heavy atom. The minimum atomic E-state index is -0.816. The van der Waals surface area contributed by atoms with E-state index in [1.165, 1.54) is 4.88 Å². The quantitative estimate of drug-likeness (QED) is 0.841. The maximum Gasteiger partial charge on any atom is 0.320 e. The Morgan fingerprint density at radius 1 is 1.45 bits per heavy atom. The first-order valence-electron chi connectivity index (χ1n) is 6.84. The highest BCUT2D eigenvalue weighted by atomic mass is 32.1.